The number of rotatable bonds is 1. The second kappa shape index (κ2) is 8.10. The molecule has 7 aromatic rings. The Bertz CT molecular complexity index is 2180. The molecule has 8 rings (SSSR count). The molecule has 0 atom stereocenters. The van der Waals surface area contributed by atoms with E-state index in [4.69, 9.17) is 4.98 Å². The van der Waals surface area contributed by atoms with Gasteiger partial charge in [0.2, 0.25) is 0 Å². The molecule has 0 unspecified atom stereocenters. The molecule has 4 nitrogen and oxygen atoms in total. The number of fused-ring (bicyclic) bond motifs is 8. The third-order valence-corrected chi connectivity index (χ3v) is 9.10. The van der Waals surface area contributed by atoms with Crippen LogP contribution in [0.5, 0.6) is 0 Å². The fraction of sp³-hybridized carbons (Fsp3) is 0.222. The van der Waals surface area contributed by atoms with Gasteiger partial charge in [-0.15, -0.1) is 0 Å². The quantitative estimate of drug-likeness (QED) is 0.210. The predicted octanol–water partition coefficient (Wildman–Crippen LogP) is 7.18. The molecule has 0 N–H and O–H groups in total. The van der Waals surface area contributed by atoms with Crippen molar-refractivity contribution < 1.29 is 0 Å². The third-order valence-electron chi connectivity index (χ3n) is 9.10. The second-order valence-corrected chi connectivity index (χ2v) is 13.1. The molecule has 1 aliphatic rings. The van der Waals surface area contributed by atoms with Gasteiger partial charge < -0.3 is 9.05 Å². The topological polar surface area (TPSA) is 35.6 Å². The van der Waals surface area contributed by atoms with E-state index in [0.29, 0.717) is 0 Å². The van der Waals surface area contributed by atoms with Crippen LogP contribution in [0, 0.1) is 27.7 Å². The smallest absolute Gasteiger partial charge is 0.332 e. The van der Waals surface area contributed by atoms with Gasteiger partial charge in [0.1, 0.15) is 6.33 Å². The lowest BCUT2D eigenvalue weighted by atomic mass is 9.46. The lowest BCUT2D eigenvalue weighted by Gasteiger charge is -2.33. The molecule has 0 saturated carbocycles. The number of nitrogens with zero attached hydrogens (tertiary/aromatic N) is 4. The largest absolute Gasteiger partial charge is 0.375 e. The van der Waals surface area contributed by atoms with Crippen LogP contribution < -0.4 is 10.9 Å². The Morgan fingerprint density at radius 2 is 1.39 bits per heavy atom. The van der Waals surface area contributed by atoms with E-state index in [1.54, 1.807) is 6.33 Å². The van der Waals surface area contributed by atoms with Crippen molar-refractivity contribution in [1.82, 2.24) is 19.0 Å². The van der Waals surface area contributed by atoms with Crippen molar-refractivity contribution in [1.29, 1.82) is 0 Å². The Balaban J connectivity index is 1.67. The molecule has 3 aromatic heterocycles. The maximum absolute atomic E-state index is 4.81. The molecule has 0 spiro atoms. The van der Waals surface area contributed by atoms with Crippen molar-refractivity contribution in [2.45, 2.75) is 53.9 Å². The maximum Gasteiger partial charge on any atom is 0.332 e. The van der Waals surface area contributed by atoms with Gasteiger partial charge in [0.05, 0.1) is 22.7 Å². The molecule has 4 aromatic carbocycles. The van der Waals surface area contributed by atoms with Crippen LogP contribution in [-0.2, 0) is 5.41 Å². The van der Waals surface area contributed by atoms with Gasteiger partial charge in [-0.05, 0) is 78.9 Å². The number of para-hydroxylation sites is 1. The van der Waals surface area contributed by atoms with Crippen LogP contribution in [0.15, 0.2) is 73.2 Å². The molecular weight excluding hydrogens is 499 g/mol. The molecule has 41 heavy (non-hydrogen) atoms. The number of benzene rings is 4. The Labute approximate surface area is 240 Å². The van der Waals surface area contributed by atoms with Crippen LogP contribution in [0.3, 0.4) is 0 Å². The van der Waals surface area contributed by atoms with E-state index >= 15 is 0 Å². The van der Waals surface area contributed by atoms with Crippen LogP contribution in [-0.4, -0.2) is 25.9 Å². The first-order chi connectivity index (χ1) is 19.6. The van der Waals surface area contributed by atoms with Crippen LogP contribution in [0.4, 0.5) is 0 Å². The van der Waals surface area contributed by atoms with Crippen LogP contribution >= 0.6 is 0 Å². The molecule has 0 aliphatic carbocycles. The lowest BCUT2D eigenvalue weighted by molar-refractivity contribution is 0.594. The minimum Gasteiger partial charge on any atom is -0.375 e. The van der Waals surface area contributed by atoms with E-state index in [-0.39, 0.29) is 12.3 Å². The zero-order chi connectivity index (χ0) is 28.4. The van der Waals surface area contributed by atoms with E-state index in [9.17, 15) is 0 Å². The monoisotopic (exact) mass is 532 g/mol. The summed E-state index contributed by atoms with van der Waals surface area (Å²) in [6, 6.07) is 23.0. The van der Waals surface area contributed by atoms with E-state index in [0.717, 1.165) is 11.0 Å². The molecule has 0 bridgehead atoms. The van der Waals surface area contributed by atoms with E-state index < -0.39 is 0 Å². The molecular formula is C36H33BN4. The molecule has 1 aliphatic heterocycles. The molecule has 0 amide bonds. The zero-order valence-corrected chi connectivity index (χ0v) is 24.8. The first-order valence-corrected chi connectivity index (χ1v) is 14.5. The molecule has 0 fully saturated rings. The van der Waals surface area contributed by atoms with Crippen molar-refractivity contribution in [2.24, 2.45) is 0 Å². The van der Waals surface area contributed by atoms with Gasteiger partial charge in [0, 0.05) is 32.9 Å². The predicted molar refractivity (Wildman–Crippen MR) is 174 cm³/mol. The first kappa shape index (κ1) is 24.4. The van der Waals surface area contributed by atoms with E-state index in [1.165, 1.54) is 77.1 Å². The van der Waals surface area contributed by atoms with Crippen molar-refractivity contribution in [3.63, 3.8) is 0 Å². The maximum atomic E-state index is 4.81. The first-order valence-electron chi connectivity index (χ1n) is 14.5. The van der Waals surface area contributed by atoms with Gasteiger partial charge in [-0.2, -0.15) is 0 Å². The summed E-state index contributed by atoms with van der Waals surface area (Å²) >= 11 is 0. The third kappa shape index (κ3) is 3.18. The fourth-order valence-electron chi connectivity index (χ4n) is 7.72. The molecule has 5 heteroatoms. The SMILES string of the molecule is Cc1cc(C)c2c(c1)c1cc(C)cc(C)c1n2B1c2ccccc2-n2c3cncnc3c3ccc(C(C)(C)C)c1c32. The summed E-state index contributed by atoms with van der Waals surface area (Å²) in [5, 5.41) is 3.86. The minimum atomic E-state index is -0.0585. The Kier molecular flexibility index (Phi) is 4.82. The minimum absolute atomic E-state index is 0.00305. The van der Waals surface area contributed by atoms with Crippen LogP contribution in [0.25, 0.3) is 49.4 Å². The van der Waals surface area contributed by atoms with Crippen LogP contribution in [0.2, 0.25) is 0 Å². The zero-order valence-electron chi connectivity index (χ0n) is 24.8. The van der Waals surface area contributed by atoms with Gasteiger partial charge in [-0.3, -0.25) is 0 Å². The van der Waals surface area contributed by atoms with Crippen molar-refractivity contribution in [2.75, 3.05) is 0 Å². The molecule has 4 heterocycles. The Morgan fingerprint density at radius 1 is 0.732 bits per heavy atom. The van der Waals surface area contributed by atoms with Gasteiger partial charge in [0.15, 0.2) is 0 Å². The average Bonchev–Trinajstić information content (AvgIpc) is 3.43. The summed E-state index contributed by atoms with van der Waals surface area (Å²) < 4.78 is 5.09. The highest BCUT2D eigenvalue weighted by Gasteiger charge is 2.40. The average molecular weight is 533 g/mol. The number of aryl methyl sites for hydroxylation is 4. The van der Waals surface area contributed by atoms with Crippen molar-refractivity contribution >= 4 is 61.5 Å². The summed E-state index contributed by atoms with van der Waals surface area (Å²) in [6.45, 7) is 16.0. The summed E-state index contributed by atoms with van der Waals surface area (Å²) in [6.07, 6.45) is 3.65. The highest BCUT2D eigenvalue weighted by molar-refractivity contribution is 6.88. The molecule has 0 radical (unpaired) electrons. The van der Waals surface area contributed by atoms with Gasteiger partial charge in [0.25, 0.3) is 0 Å². The van der Waals surface area contributed by atoms with Crippen LogP contribution in [0.1, 0.15) is 48.6 Å². The summed E-state index contributed by atoms with van der Waals surface area (Å²) in [4.78, 5) is 9.28. The lowest BCUT2D eigenvalue weighted by Crippen LogP contribution is -2.55. The summed E-state index contributed by atoms with van der Waals surface area (Å²) in [5.74, 6) is 0. The van der Waals surface area contributed by atoms with Gasteiger partial charge in [-0.25, -0.2) is 9.97 Å². The van der Waals surface area contributed by atoms with Crippen molar-refractivity contribution in [3.05, 3.63) is 101 Å². The number of hydrogen-bond donors (Lipinski definition) is 0. The Hall–Kier alpha value is -4.38. The summed E-state index contributed by atoms with van der Waals surface area (Å²) in [7, 11) is 0. The number of hydrogen-bond acceptors (Lipinski definition) is 2. The van der Waals surface area contributed by atoms with Gasteiger partial charge in [-0.1, -0.05) is 74.4 Å². The normalized spacial score (nSPS) is 13.2. The number of aromatic nitrogens is 4. The van der Waals surface area contributed by atoms with E-state index in [2.05, 4.69) is 123 Å². The second-order valence-electron chi connectivity index (χ2n) is 13.1. The molecule has 200 valence electrons. The fourth-order valence-corrected chi connectivity index (χ4v) is 7.72. The highest BCUT2D eigenvalue weighted by atomic mass is 15.0. The highest BCUT2D eigenvalue weighted by Crippen LogP contribution is 2.39. The standard InChI is InChI=1S/C36H33BN4/c1-20-14-22(3)33-25(16-20)26-17-21(2)15-23(4)34(26)41(33)37-28-10-8-9-11-29(28)40-30-18-38-19-39-32(30)24-12-13-27(36(5,6)7)31(37)35(24)40/h8-19H,1-7H3. The summed E-state index contributed by atoms with van der Waals surface area (Å²) in [5.41, 5.74) is 16.4. The van der Waals surface area contributed by atoms with Crippen molar-refractivity contribution in [3.8, 4) is 5.69 Å². The molecule has 0 saturated heterocycles. The Morgan fingerprint density at radius 3 is 2.05 bits per heavy atom. The van der Waals surface area contributed by atoms with E-state index in [1.807, 2.05) is 6.20 Å². The van der Waals surface area contributed by atoms with Gasteiger partial charge >= 0.3 is 6.85 Å².